The third kappa shape index (κ3) is 1.68. The minimum Gasteiger partial charge on any atom is -0.336 e. The fourth-order valence-corrected chi connectivity index (χ4v) is 2.41. The van der Waals surface area contributed by atoms with Gasteiger partial charge in [-0.25, -0.2) is 0 Å². The highest BCUT2D eigenvalue weighted by Gasteiger charge is 2.24. The van der Waals surface area contributed by atoms with Crippen molar-refractivity contribution in [1.82, 2.24) is 9.88 Å². The Morgan fingerprint density at radius 3 is 2.94 bits per heavy atom. The van der Waals surface area contributed by atoms with Gasteiger partial charge in [-0.2, -0.15) is 0 Å². The molecule has 18 heavy (non-hydrogen) atoms. The summed E-state index contributed by atoms with van der Waals surface area (Å²) in [4.78, 5) is 18.1. The van der Waals surface area contributed by atoms with Gasteiger partial charge in [-0.05, 0) is 29.3 Å². The Balaban J connectivity index is 2.33. The van der Waals surface area contributed by atoms with Crippen LogP contribution in [-0.4, -0.2) is 22.8 Å². The molecule has 0 radical (unpaired) electrons. The van der Waals surface area contributed by atoms with Gasteiger partial charge in [-0.3, -0.25) is 9.78 Å². The van der Waals surface area contributed by atoms with E-state index in [2.05, 4.69) is 4.98 Å². The van der Waals surface area contributed by atoms with Gasteiger partial charge in [0.25, 0.3) is 5.91 Å². The smallest absolute Gasteiger partial charge is 0.273 e. The average molecular weight is 259 g/mol. The molecule has 3 nitrogen and oxygen atoms in total. The summed E-state index contributed by atoms with van der Waals surface area (Å²) in [5, 5.41) is 0.667. The van der Waals surface area contributed by atoms with E-state index in [0.717, 1.165) is 16.7 Å². The Labute approximate surface area is 110 Å². The molecule has 0 fully saturated rings. The lowest BCUT2D eigenvalue weighted by atomic mass is 9.99. The van der Waals surface area contributed by atoms with E-state index >= 15 is 0 Å². The van der Waals surface area contributed by atoms with Crippen LogP contribution >= 0.6 is 11.6 Å². The lowest BCUT2D eigenvalue weighted by Crippen LogP contribution is -2.25. The molecule has 4 heteroatoms. The fourth-order valence-electron chi connectivity index (χ4n) is 2.24. The highest BCUT2D eigenvalue weighted by atomic mass is 35.5. The molecule has 0 saturated heterocycles. The van der Waals surface area contributed by atoms with Gasteiger partial charge < -0.3 is 4.90 Å². The van der Waals surface area contributed by atoms with Crippen molar-refractivity contribution in [2.45, 2.75) is 6.54 Å². The maximum atomic E-state index is 12.2. The highest BCUT2D eigenvalue weighted by molar-refractivity contribution is 6.31. The van der Waals surface area contributed by atoms with E-state index in [1.54, 1.807) is 18.1 Å². The molecule has 1 aliphatic heterocycles. The third-order valence-corrected chi connectivity index (χ3v) is 3.36. The molecule has 1 amide bonds. The largest absolute Gasteiger partial charge is 0.336 e. The zero-order valence-corrected chi connectivity index (χ0v) is 10.6. The number of benzene rings is 1. The van der Waals surface area contributed by atoms with Crippen molar-refractivity contribution in [3.05, 3.63) is 52.8 Å². The van der Waals surface area contributed by atoms with Crippen molar-refractivity contribution >= 4 is 17.5 Å². The number of hydrogen-bond acceptors (Lipinski definition) is 2. The van der Waals surface area contributed by atoms with Crippen molar-refractivity contribution in [2.75, 3.05) is 7.05 Å². The predicted octanol–water partition coefficient (Wildman–Crippen LogP) is 2.99. The van der Waals surface area contributed by atoms with Crippen LogP contribution in [0.4, 0.5) is 0 Å². The van der Waals surface area contributed by atoms with E-state index < -0.39 is 0 Å². The number of carbonyl (C=O) groups excluding carboxylic acids is 1. The van der Waals surface area contributed by atoms with E-state index in [-0.39, 0.29) is 5.91 Å². The molecule has 0 N–H and O–H groups in total. The van der Waals surface area contributed by atoms with Gasteiger partial charge >= 0.3 is 0 Å². The number of rotatable bonds is 0. The molecule has 1 aromatic carbocycles. The van der Waals surface area contributed by atoms with Gasteiger partial charge in [0.2, 0.25) is 0 Å². The maximum absolute atomic E-state index is 12.2. The molecule has 0 spiro atoms. The molecule has 0 unspecified atom stereocenters. The second-order valence-corrected chi connectivity index (χ2v) is 4.80. The van der Waals surface area contributed by atoms with Crippen LogP contribution in [0, 0.1) is 0 Å². The summed E-state index contributed by atoms with van der Waals surface area (Å²) in [6, 6.07) is 9.45. The average Bonchev–Trinajstić information content (AvgIpc) is 2.48. The number of pyridine rings is 1. The molecule has 90 valence electrons. The second-order valence-electron chi connectivity index (χ2n) is 4.36. The molecule has 2 heterocycles. The lowest BCUT2D eigenvalue weighted by Gasteiger charge is -2.14. The van der Waals surface area contributed by atoms with Gasteiger partial charge in [0, 0.05) is 30.4 Å². The van der Waals surface area contributed by atoms with Crippen molar-refractivity contribution in [3.63, 3.8) is 0 Å². The van der Waals surface area contributed by atoms with Crippen molar-refractivity contribution in [1.29, 1.82) is 0 Å². The monoisotopic (exact) mass is 258 g/mol. The molecule has 1 aromatic heterocycles. The number of hydrogen-bond donors (Lipinski definition) is 0. The van der Waals surface area contributed by atoms with Crippen molar-refractivity contribution < 1.29 is 4.79 Å². The van der Waals surface area contributed by atoms with Crippen LogP contribution in [0.25, 0.3) is 11.1 Å². The van der Waals surface area contributed by atoms with Crippen LogP contribution in [0.5, 0.6) is 0 Å². The Morgan fingerprint density at radius 2 is 2.11 bits per heavy atom. The van der Waals surface area contributed by atoms with E-state index in [1.807, 2.05) is 30.3 Å². The Kier molecular flexibility index (Phi) is 2.56. The third-order valence-electron chi connectivity index (χ3n) is 3.13. The van der Waals surface area contributed by atoms with Gasteiger partial charge in [-0.15, -0.1) is 0 Å². The molecular formula is C14H11ClN2O. The van der Waals surface area contributed by atoms with E-state index in [9.17, 15) is 4.79 Å². The maximum Gasteiger partial charge on any atom is 0.273 e. The van der Waals surface area contributed by atoms with Crippen LogP contribution in [0.15, 0.2) is 36.5 Å². The predicted molar refractivity (Wildman–Crippen MR) is 70.5 cm³/mol. The number of fused-ring (bicyclic) bond motifs is 3. The first-order chi connectivity index (χ1) is 8.66. The number of halogens is 1. The van der Waals surface area contributed by atoms with Crippen LogP contribution in [-0.2, 0) is 6.54 Å². The van der Waals surface area contributed by atoms with Crippen molar-refractivity contribution in [2.24, 2.45) is 0 Å². The zero-order chi connectivity index (χ0) is 12.7. The summed E-state index contributed by atoms with van der Waals surface area (Å²) in [6.45, 7) is 0.571. The number of aromatic nitrogens is 1. The highest BCUT2D eigenvalue weighted by Crippen LogP contribution is 2.32. The molecule has 1 aliphatic rings. The zero-order valence-electron chi connectivity index (χ0n) is 9.85. The number of nitrogens with zero attached hydrogens (tertiary/aromatic N) is 2. The minimum atomic E-state index is -0.0575. The first-order valence-corrected chi connectivity index (χ1v) is 6.04. The summed E-state index contributed by atoms with van der Waals surface area (Å²) >= 11 is 6.05. The lowest BCUT2D eigenvalue weighted by molar-refractivity contribution is 0.0783. The summed E-state index contributed by atoms with van der Waals surface area (Å²) < 4.78 is 0. The first-order valence-electron chi connectivity index (χ1n) is 5.66. The standard InChI is InChI=1S/C14H11ClN2O/c1-17-8-9-4-5-10(15)7-12(9)11-3-2-6-16-13(11)14(17)18/h2-7H,8H2,1H3. The van der Waals surface area contributed by atoms with Crippen LogP contribution in [0.3, 0.4) is 0 Å². The Bertz CT molecular complexity index is 639. The fraction of sp³-hybridized carbons (Fsp3) is 0.143. The molecule has 0 bridgehead atoms. The van der Waals surface area contributed by atoms with Crippen LogP contribution in [0.1, 0.15) is 16.1 Å². The number of amides is 1. The summed E-state index contributed by atoms with van der Waals surface area (Å²) in [5.41, 5.74) is 3.41. The quantitative estimate of drug-likeness (QED) is 0.728. The molecule has 0 aliphatic carbocycles. The summed E-state index contributed by atoms with van der Waals surface area (Å²) in [6.07, 6.45) is 1.64. The molecular weight excluding hydrogens is 248 g/mol. The number of carbonyl (C=O) groups is 1. The van der Waals surface area contributed by atoms with Crippen LogP contribution < -0.4 is 0 Å². The topological polar surface area (TPSA) is 33.2 Å². The van der Waals surface area contributed by atoms with Gasteiger partial charge in [0.05, 0.1) is 0 Å². The molecule has 0 saturated carbocycles. The normalized spacial score (nSPS) is 13.9. The van der Waals surface area contributed by atoms with Gasteiger partial charge in [0.15, 0.2) is 0 Å². The molecule has 2 aromatic rings. The SMILES string of the molecule is CN1Cc2ccc(Cl)cc2-c2cccnc2C1=O. The summed E-state index contributed by atoms with van der Waals surface area (Å²) in [5.74, 6) is -0.0575. The van der Waals surface area contributed by atoms with E-state index in [4.69, 9.17) is 11.6 Å². The Morgan fingerprint density at radius 1 is 1.28 bits per heavy atom. The second kappa shape index (κ2) is 4.10. The first kappa shape index (κ1) is 11.2. The molecule has 3 rings (SSSR count). The Hall–Kier alpha value is -1.87. The molecule has 0 atom stereocenters. The van der Waals surface area contributed by atoms with Crippen LogP contribution in [0.2, 0.25) is 5.02 Å². The summed E-state index contributed by atoms with van der Waals surface area (Å²) in [7, 11) is 1.78. The van der Waals surface area contributed by atoms with Crippen molar-refractivity contribution in [3.8, 4) is 11.1 Å². The van der Waals surface area contributed by atoms with E-state index in [1.165, 1.54) is 0 Å². The van der Waals surface area contributed by atoms with Gasteiger partial charge in [-0.1, -0.05) is 23.7 Å². The van der Waals surface area contributed by atoms with Gasteiger partial charge in [0.1, 0.15) is 5.69 Å². The van der Waals surface area contributed by atoms with E-state index in [0.29, 0.717) is 17.3 Å². The minimum absolute atomic E-state index is 0.0575.